The minimum atomic E-state index is 1.21. The molecule has 68 valence electrons. The van der Waals surface area contributed by atoms with E-state index in [-0.39, 0.29) is 0 Å². The van der Waals surface area contributed by atoms with Gasteiger partial charge in [0.15, 0.2) is 0 Å². The normalized spacial score (nSPS) is 11.0. The van der Waals surface area contributed by atoms with Gasteiger partial charge in [0.1, 0.15) is 0 Å². The monoisotopic (exact) mass is 272 g/mol. The molecular formula is C10H9BrS2. The molecule has 0 aliphatic carbocycles. The number of aryl methyl sites for hydroxylation is 1. The third kappa shape index (κ3) is 1.65. The molecule has 0 N–H and O–H groups in total. The lowest BCUT2D eigenvalue weighted by molar-refractivity contribution is 1.34. The van der Waals surface area contributed by atoms with E-state index in [0.717, 1.165) is 0 Å². The molecule has 0 saturated heterocycles. The first-order valence-electron chi connectivity index (χ1n) is 3.93. The zero-order chi connectivity index (χ0) is 9.42. The van der Waals surface area contributed by atoms with E-state index in [1.807, 2.05) is 0 Å². The largest absolute Gasteiger partial charge is 0.143 e. The van der Waals surface area contributed by atoms with Gasteiger partial charge in [0.25, 0.3) is 0 Å². The molecule has 1 aromatic carbocycles. The van der Waals surface area contributed by atoms with Crippen molar-refractivity contribution in [3.05, 3.63) is 27.5 Å². The Labute approximate surface area is 94.5 Å². The summed E-state index contributed by atoms with van der Waals surface area (Å²) in [6.07, 6.45) is 2.12. The van der Waals surface area contributed by atoms with Gasteiger partial charge in [-0.2, -0.15) is 0 Å². The molecule has 0 aliphatic heterocycles. The Morgan fingerprint density at radius 2 is 2.15 bits per heavy atom. The lowest BCUT2D eigenvalue weighted by Gasteiger charge is -2.02. The topological polar surface area (TPSA) is 0 Å². The van der Waals surface area contributed by atoms with Gasteiger partial charge in [0.2, 0.25) is 0 Å². The number of thiophene rings is 1. The van der Waals surface area contributed by atoms with Crippen LogP contribution in [0, 0.1) is 6.92 Å². The maximum Gasteiger partial charge on any atom is 0.0361 e. The fourth-order valence-corrected chi connectivity index (χ4v) is 3.60. The van der Waals surface area contributed by atoms with Crippen LogP contribution in [0.3, 0.4) is 0 Å². The van der Waals surface area contributed by atoms with Gasteiger partial charge >= 0.3 is 0 Å². The Balaban J connectivity index is 2.77. The predicted octanol–water partition coefficient (Wildman–Crippen LogP) is 4.69. The van der Waals surface area contributed by atoms with Crippen LogP contribution < -0.4 is 0 Å². The molecule has 1 heterocycles. The van der Waals surface area contributed by atoms with E-state index in [9.17, 15) is 0 Å². The first kappa shape index (κ1) is 9.56. The number of hydrogen-bond acceptors (Lipinski definition) is 2. The molecule has 0 unspecified atom stereocenters. The zero-order valence-electron chi connectivity index (χ0n) is 7.43. The minimum absolute atomic E-state index is 1.21. The summed E-state index contributed by atoms with van der Waals surface area (Å²) in [5.74, 6) is 0. The van der Waals surface area contributed by atoms with Crippen LogP contribution in [0.1, 0.15) is 5.56 Å². The lowest BCUT2D eigenvalue weighted by Crippen LogP contribution is -1.77. The van der Waals surface area contributed by atoms with Crippen molar-refractivity contribution in [1.29, 1.82) is 0 Å². The molecular weight excluding hydrogens is 264 g/mol. The Morgan fingerprint density at radius 3 is 2.85 bits per heavy atom. The highest BCUT2D eigenvalue weighted by molar-refractivity contribution is 9.10. The Bertz CT molecular complexity index is 445. The second-order valence-electron chi connectivity index (χ2n) is 2.90. The molecule has 0 radical (unpaired) electrons. The van der Waals surface area contributed by atoms with E-state index >= 15 is 0 Å². The van der Waals surface area contributed by atoms with E-state index in [1.54, 1.807) is 23.1 Å². The Hall–Kier alpha value is 0.01000. The first-order valence-corrected chi connectivity index (χ1v) is 6.83. The van der Waals surface area contributed by atoms with Crippen molar-refractivity contribution in [2.75, 3.05) is 6.26 Å². The van der Waals surface area contributed by atoms with Crippen LogP contribution in [0.5, 0.6) is 0 Å². The molecule has 0 nitrogen and oxygen atoms in total. The summed E-state index contributed by atoms with van der Waals surface area (Å²) >= 11 is 7.15. The van der Waals surface area contributed by atoms with Crippen molar-refractivity contribution in [3.63, 3.8) is 0 Å². The van der Waals surface area contributed by atoms with Crippen LogP contribution in [-0.4, -0.2) is 6.26 Å². The summed E-state index contributed by atoms with van der Waals surface area (Å²) in [7, 11) is 0. The third-order valence-electron chi connectivity index (χ3n) is 2.04. The van der Waals surface area contributed by atoms with E-state index in [2.05, 4.69) is 46.6 Å². The van der Waals surface area contributed by atoms with Crippen molar-refractivity contribution >= 4 is 49.1 Å². The van der Waals surface area contributed by atoms with Crippen molar-refractivity contribution in [2.24, 2.45) is 0 Å². The van der Waals surface area contributed by atoms with Gasteiger partial charge in [-0.3, -0.25) is 0 Å². The predicted molar refractivity (Wildman–Crippen MR) is 66.0 cm³/mol. The van der Waals surface area contributed by atoms with Crippen molar-refractivity contribution in [2.45, 2.75) is 11.8 Å². The highest BCUT2D eigenvalue weighted by Crippen LogP contribution is 2.34. The van der Waals surface area contributed by atoms with E-state index in [4.69, 9.17) is 0 Å². The molecule has 2 aromatic rings. The molecule has 0 amide bonds. The molecule has 0 aliphatic rings. The van der Waals surface area contributed by atoms with E-state index in [0.29, 0.717) is 0 Å². The SMILES string of the molecule is CSc1cc2c(Br)csc2cc1C. The maximum atomic E-state index is 3.56. The molecule has 0 bridgehead atoms. The molecule has 13 heavy (non-hydrogen) atoms. The van der Waals surface area contributed by atoms with Gasteiger partial charge in [-0.1, -0.05) is 0 Å². The fourth-order valence-electron chi connectivity index (χ4n) is 1.34. The fraction of sp³-hybridized carbons (Fsp3) is 0.200. The van der Waals surface area contributed by atoms with Gasteiger partial charge in [-0.25, -0.2) is 0 Å². The van der Waals surface area contributed by atoms with Crippen molar-refractivity contribution in [1.82, 2.24) is 0 Å². The average molecular weight is 273 g/mol. The summed E-state index contributed by atoms with van der Waals surface area (Å²) in [5.41, 5.74) is 1.37. The van der Waals surface area contributed by atoms with E-state index in [1.165, 1.54) is 25.0 Å². The van der Waals surface area contributed by atoms with Crippen LogP contribution in [0.2, 0.25) is 0 Å². The molecule has 0 atom stereocenters. The number of hydrogen-bond donors (Lipinski definition) is 0. The second-order valence-corrected chi connectivity index (χ2v) is 5.52. The number of benzene rings is 1. The highest BCUT2D eigenvalue weighted by atomic mass is 79.9. The number of halogens is 1. The lowest BCUT2D eigenvalue weighted by atomic mass is 10.2. The molecule has 1 aromatic heterocycles. The molecule has 0 saturated carbocycles. The van der Waals surface area contributed by atoms with Crippen molar-refractivity contribution < 1.29 is 0 Å². The van der Waals surface area contributed by atoms with Crippen molar-refractivity contribution in [3.8, 4) is 0 Å². The summed E-state index contributed by atoms with van der Waals surface area (Å²) < 4.78 is 2.57. The van der Waals surface area contributed by atoms with Gasteiger partial charge in [0, 0.05) is 24.8 Å². The second kappa shape index (κ2) is 3.64. The minimum Gasteiger partial charge on any atom is -0.143 e. The number of fused-ring (bicyclic) bond motifs is 1. The van der Waals surface area contributed by atoms with Crippen LogP contribution >= 0.6 is 39.0 Å². The third-order valence-corrected chi connectivity index (χ3v) is 4.83. The zero-order valence-corrected chi connectivity index (χ0v) is 10.6. The molecule has 0 spiro atoms. The average Bonchev–Trinajstić information content (AvgIpc) is 2.46. The summed E-state index contributed by atoms with van der Waals surface area (Å²) in [6.45, 7) is 2.17. The molecule has 0 fully saturated rings. The van der Waals surface area contributed by atoms with E-state index < -0.39 is 0 Å². The quantitative estimate of drug-likeness (QED) is 0.679. The Morgan fingerprint density at radius 1 is 1.38 bits per heavy atom. The van der Waals surface area contributed by atoms with Gasteiger partial charge in [0.05, 0.1) is 0 Å². The van der Waals surface area contributed by atoms with Crippen LogP contribution in [0.25, 0.3) is 10.1 Å². The van der Waals surface area contributed by atoms with Gasteiger partial charge in [-0.05, 0) is 46.8 Å². The maximum absolute atomic E-state index is 3.56. The summed E-state index contributed by atoms with van der Waals surface area (Å²) in [5, 5.41) is 3.48. The van der Waals surface area contributed by atoms with Crippen LogP contribution in [0.4, 0.5) is 0 Å². The molecule has 2 rings (SSSR count). The summed E-state index contributed by atoms with van der Waals surface area (Å²) in [4.78, 5) is 1.37. The number of thioether (sulfide) groups is 1. The smallest absolute Gasteiger partial charge is 0.0361 e. The highest BCUT2D eigenvalue weighted by Gasteiger charge is 2.04. The standard InChI is InChI=1S/C10H9BrS2/c1-6-3-10-7(4-9(6)12-2)8(11)5-13-10/h3-5H,1-2H3. The van der Waals surface area contributed by atoms with Crippen LogP contribution in [-0.2, 0) is 0 Å². The van der Waals surface area contributed by atoms with Crippen LogP contribution in [0.15, 0.2) is 26.9 Å². The Kier molecular flexibility index (Phi) is 2.67. The number of rotatable bonds is 1. The molecule has 3 heteroatoms. The first-order chi connectivity index (χ1) is 6.22. The summed E-state index contributed by atoms with van der Waals surface area (Å²) in [6, 6.07) is 4.52. The van der Waals surface area contributed by atoms with Gasteiger partial charge in [-0.15, -0.1) is 23.1 Å². The van der Waals surface area contributed by atoms with Gasteiger partial charge < -0.3 is 0 Å².